The molecular weight excluding hydrogens is 454 g/mol. The van der Waals surface area contributed by atoms with Crippen molar-refractivity contribution in [2.75, 3.05) is 20.8 Å². The number of benzene rings is 2. The predicted octanol–water partition coefficient (Wildman–Crippen LogP) is 5.57. The van der Waals surface area contributed by atoms with Crippen molar-refractivity contribution >= 4 is 11.8 Å². The van der Waals surface area contributed by atoms with E-state index in [0.717, 1.165) is 28.1 Å². The number of esters is 1. The van der Waals surface area contributed by atoms with Crippen molar-refractivity contribution in [3.8, 4) is 11.5 Å². The number of methoxy groups -OCH3 is 2. The van der Waals surface area contributed by atoms with Gasteiger partial charge in [0.2, 0.25) is 0 Å². The Balaban J connectivity index is 1.75. The quantitative estimate of drug-likeness (QED) is 0.513. The van der Waals surface area contributed by atoms with E-state index in [-0.39, 0.29) is 23.6 Å². The lowest BCUT2D eigenvalue weighted by Gasteiger charge is -2.37. The van der Waals surface area contributed by atoms with Crippen LogP contribution in [0.2, 0.25) is 0 Å². The number of carbonyl (C=O) groups is 2. The number of hydrogen-bond acceptors (Lipinski definition) is 6. The van der Waals surface area contributed by atoms with Gasteiger partial charge in [0.1, 0.15) is 0 Å². The highest BCUT2D eigenvalue weighted by atomic mass is 16.5. The molecule has 0 saturated carbocycles. The van der Waals surface area contributed by atoms with E-state index in [2.05, 4.69) is 11.4 Å². The van der Waals surface area contributed by atoms with Gasteiger partial charge in [-0.1, -0.05) is 49.7 Å². The third kappa shape index (κ3) is 5.03. The average molecular weight is 490 g/mol. The average Bonchev–Trinajstić information content (AvgIpc) is 2.85. The molecule has 6 heteroatoms. The van der Waals surface area contributed by atoms with Gasteiger partial charge in [-0.25, -0.2) is 4.79 Å². The Hall–Kier alpha value is -3.54. The maximum atomic E-state index is 13.8. The maximum Gasteiger partial charge on any atom is 0.336 e. The Labute approximate surface area is 213 Å². The van der Waals surface area contributed by atoms with E-state index in [1.807, 2.05) is 64.1 Å². The Morgan fingerprint density at radius 2 is 1.75 bits per heavy atom. The van der Waals surface area contributed by atoms with Crippen LogP contribution in [0.4, 0.5) is 0 Å². The van der Waals surface area contributed by atoms with Crippen molar-refractivity contribution < 1.29 is 23.8 Å². The summed E-state index contributed by atoms with van der Waals surface area (Å²) in [5.74, 6) is 0.712. The van der Waals surface area contributed by atoms with Gasteiger partial charge < -0.3 is 19.5 Å². The Kier molecular flexibility index (Phi) is 7.53. The molecule has 1 aliphatic heterocycles. The van der Waals surface area contributed by atoms with Gasteiger partial charge in [0, 0.05) is 29.3 Å². The summed E-state index contributed by atoms with van der Waals surface area (Å²) in [6.45, 7) is 8.25. The van der Waals surface area contributed by atoms with Crippen LogP contribution in [0, 0.1) is 12.8 Å². The van der Waals surface area contributed by atoms with Crippen LogP contribution in [0.15, 0.2) is 65.0 Å². The van der Waals surface area contributed by atoms with Gasteiger partial charge in [0.25, 0.3) is 0 Å². The standard InChI is InChI=1S/C30H35NO5/c1-17(2)16-36-30(33)27-19(4)31-23-13-22(20-10-11-25(34-5)26(15-20)35-6)14-24(32)29(23)28(27)21-9-7-8-18(3)12-21/h7-12,15,17,22,28,31H,13-14,16H2,1-6H3. The van der Waals surface area contributed by atoms with E-state index < -0.39 is 5.92 Å². The van der Waals surface area contributed by atoms with Gasteiger partial charge >= 0.3 is 5.97 Å². The second-order valence-corrected chi connectivity index (χ2v) is 10.0. The molecule has 0 amide bonds. The summed E-state index contributed by atoms with van der Waals surface area (Å²) in [4.78, 5) is 27.1. The number of nitrogens with one attached hydrogen (secondary N) is 1. The van der Waals surface area contributed by atoms with Crippen LogP contribution in [0.3, 0.4) is 0 Å². The van der Waals surface area contributed by atoms with Crippen LogP contribution in [-0.2, 0) is 14.3 Å². The lowest BCUT2D eigenvalue weighted by molar-refractivity contribution is -0.140. The summed E-state index contributed by atoms with van der Waals surface area (Å²) in [6, 6.07) is 13.8. The third-order valence-corrected chi connectivity index (χ3v) is 6.85. The molecule has 0 bridgehead atoms. The van der Waals surface area contributed by atoms with Gasteiger partial charge in [-0.05, 0) is 55.4 Å². The Morgan fingerprint density at radius 1 is 1.00 bits per heavy atom. The van der Waals surface area contributed by atoms with Crippen LogP contribution in [0.5, 0.6) is 11.5 Å². The van der Waals surface area contributed by atoms with Crippen LogP contribution in [0.25, 0.3) is 0 Å². The molecule has 190 valence electrons. The van der Waals surface area contributed by atoms with Crippen LogP contribution < -0.4 is 14.8 Å². The molecule has 1 N–H and O–H groups in total. The molecule has 1 heterocycles. The molecule has 0 saturated heterocycles. The van der Waals surface area contributed by atoms with Crippen LogP contribution in [0.1, 0.15) is 62.1 Å². The van der Waals surface area contributed by atoms with Gasteiger partial charge in [0.05, 0.1) is 26.4 Å². The highest BCUT2D eigenvalue weighted by Gasteiger charge is 2.41. The molecule has 0 fully saturated rings. The number of rotatable bonds is 7. The molecule has 2 atom stereocenters. The normalized spacial score (nSPS) is 19.7. The summed E-state index contributed by atoms with van der Waals surface area (Å²) in [6.07, 6.45) is 1.01. The second-order valence-electron chi connectivity index (χ2n) is 10.0. The summed E-state index contributed by atoms with van der Waals surface area (Å²) in [7, 11) is 3.21. The van der Waals surface area contributed by atoms with Crippen molar-refractivity contribution in [1.82, 2.24) is 5.32 Å². The van der Waals surface area contributed by atoms with Crippen molar-refractivity contribution in [1.29, 1.82) is 0 Å². The highest BCUT2D eigenvalue weighted by Crippen LogP contribution is 2.46. The Morgan fingerprint density at radius 3 is 2.42 bits per heavy atom. The molecule has 2 aromatic rings. The summed E-state index contributed by atoms with van der Waals surface area (Å²) >= 11 is 0. The van der Waals surface area contributed by atoms with Gasteiger partial charge in [0.15, 0.2) is 17.3 Å². The van der Waals surface area contributed by atoms with E-state index in [1.54, 1.807) is 14.2 Å². The number of carbonyl (C=O) groups excluding carboxylic acids is 2. The lowest BCUT2D eigenvalue weighted by atomic mass is 9.71. The molecule has 2 unspecified atom stereocenters. The van der Waals surface area contributed by atoms with E-state index in [9.17, 15) is 9.59 Å². The molecule has 4 rings (SSSR count). The SMILES string of the molecule is COc1ccc(C2CC(=O)C3=C(C2)NC(C)=C(C(=O)OCC(C)C)C3c2cccc(C)c2)cc1OC. The first-order valence-corrected chi connectivity index (χ1v) is 12.4. The molecule has 6 nitrogen and oxygen atoms in total. The summed E-state index contributed by atoms with van der Waals surface area (Å²) in [5, 5.41) is 3.41. The fraction of sp³-hybridized carbons (Fsp3) is 0.400. The Bertz CT molecular complexity index is 1240. The lowest BCUT2D eigenvalue weighted by Crippen LogP contribution is -2.36. The molecule has 0 radical (unpaired) electrons. The number of ketones is 1. The zero-order valence-electron chi connectivity index (χ0n) is 21.9. The van der Waals surface area contributed by atoms with Crippen LogP contribution in [-0.4, -0.2) is 32.6 Å². The second kappa shape index (κ2) is 10.6. The predicted molar refractivity (Wildman–Crippen MR) is 139 cm³/mol. The number of ether oxygens (including phenoxy) is 3. The van der Waals surface area contributed by atoms with Gasteiger partial charge in [-0.3, -0.25) is 4.79 Å². The zero-order valence-corrected chi connectivity index (χ0v) is 21.9. The summed E-state index contributed by atoms with van der Waals surface area (Å²) in [5.41, 5.74) is 5.80. The smallest absolute Gasteiger partial charge is 0.336 e. The monoisotopic (exact) mass is 489 g/mol. The van der Waals surface area contributed by atoms with E-state index in [4.69, 9.17) is 14.2 Å². The molecule has 2 aromatic carbocycles. The van der Waals surface area contributed by atoms with E-state index >= 15 is 0 Å². The van der Waals surface area contributed by atoms with E-state index in [1.165, 1.54) is 0 Å². The molecule has 36 heavy (non-hydrogen) atoms. The minimum absolute atomic E-state index is 0.0102. The fourth-order valence-electron chi connectivity index (χ4n) is 5.16. The van der Waals surface area contributed by atoms with Crippen LogP contribution >= 0.6 is 0 Å². The zero-order chi connectivity index (χ0) is 26.0. The molecular formula is C30H35NO5. The number of Topliss-reactive ketones (excluding diaryl/α,β-unsaturated/α-hetero) is 1. The van der Waals surface area contributed by atoms with Gasteiger partial charge in [-0.2, -0.15) is 0 Å². The molecule has 0 spiro atoms. The van der Waals surface area contributed by atoms with Crippen molar-refractivity contribution in [2.24, 2.45) is 5.92 Å². The number of aryl methyl sites for hydroxylation is 1. The van der Waals surface area contributed by atoms with Crippen molar-refractivity contribution in [3.05, 3.63) is 81.7 Å². The largest absolute Gasteiger partial charge is 0.493 e. The topological polar surface area (TPSA) is 73.9 Å². The van der Waals surface area contributed by atoms with Crippen molar-refractivity contribution in [3.63, 3.8) is 0 Å². The fourth-order valence-corrected chi connectivity index (χ4v) is 5.16. The maximum absolute atomic E-state index is 13.8. The first-order chi connectivity index (χ1) is 17.2. The summed E-state index contributed by atoms with van der Waals surface area (Å²) < 4.78 is 16.5. The number of allylic oxidation sites excluding steroid dienone is 3. The number of dihydropyridines is 1. The van der Waals surface area contributed by atoms with Gasteiger partial charge in [-0.15, -0.1) is 0 Å². The first kappa shape index (κ1) is 25.5. The molecule has 0 aromatic heterocycles. The first-order valence-electron chi connectivity index (χ1n) is 12.4. The third-order valence-electron chi connectivity index (χ3n) is 6.85. The molecule has 1 aliphatic carbocycles. The number of hydrogen-bond donors (Lipinski definition) is 1. The van der Waals surface area contributed by atoms with Crippen molar-refractivity contribution in [2.45, 2.75) is 52.4 Å². The van der Waals surface area contributed by atoms with E-state index in [0.29, 0.717) is 42.1 Å². The molecule has 2 aliphatic rings. The highest BCUT2D eigenvalue weighted by molar-refractivity contribution is 6.04. The minimum Gasteiger partial charge on any atom is -0.493 e. The minimum atomic E-state index is -0.459.